The van der Waals surface area contributed by atoms with Gasteiger partial charge in [-0.05, 0) is 5.92 Å². The third-order valence-corrected chi connectivity index (χ3v) is 0.798. The van der Waals surface area contributed by atoms with E-state index in [4.69, 9.17) is 0 Å². The zero-order valence-electron chi connectivity index (χ0n) is 5.42. The van der Waals surface area contributed by atoms with Crippen LogP contribution >= 0.6 is 0 Å². The summed E-state index contributed by atoms with van der Waals surface area (Å²) >= 11 is -2.30. The van der Waals surface area contributed by atoms with E-state index >= 15 is 0 Å². The van der Waals surface area contributed by atoms with E-state index in [0.29, 0.717) is 12.5 Å². The summed E-state index contributed by atoms with van der Waals surface area (Å²) in [6.45, 7) is 4.25. The number of rotatable bonds is 4. The smallest absolute Gasteiger partial charge is 0.0716 e. The largest absolute Gasteiger partial charge is 0.758 e. The molecule has 0 aliphatic heterocycles. The van der Waals surface area contributed by atoms with Gasteiger partial charge >= 0.3 is 0 Å². The van der Waals surface area contributed by atoms with Crippen LogP contribution in [0.1, 0.15) is 13.8 Å². The van der Waals surface area contributed by atoms with Crippen molar-refractivity contribution in [3.8, 4) is 0 Å². The Labute approximate surface area is 57.0 Å². The maximum Gasteiger partial charge on any atom is 0.0716 e. The van der Waals surface area contributed by atoms with Crippen molar-refractivity contribution in [1.29, 1.82) is 0 Å². The molecule has 9 heavy (non-hydrogen) atoms. The Kier molecular flexibility index (Phi) is 4.88. The van der Waals surface area contributed by atoms with Crippen LogP contribution in [0.2, 0.25) is 0 Å². The molecule has 0 heterocycles. The summed E-state index contributed by atoms with van der Waals surface area (Å²) in [6, 6.07) is 0. The molecular weight excluding hydrogens is 142 g/mol. The predicted molar refractivity (Wildman–Crippen MR) is 32.8 cm³/mol. The Hall–Kier alpha value is 0.0300. The summed E-state index contributed by atoms with van der Waals surface area (Å²) < 4.78 is 19.5. The van der Waals surface area contributed by atoms with Crippen molar-refractivity contribution in [1.82, 2.24) is 4.89 Å². The maximum absolute atomic E-state index is 9.74. The summed E-state index contributed by atoms with van der Waals surface area (Å²) in [6.07, 6.45) is 0. The molecular formula is C4H10NO3S-. The van der Waals surface area contributed by atoms with Gasteiger partial charge in [0.25, 0.3) is 0 Å². The van der Waals surface area contributed by atoms with Gasteiger partial charge in [0.05, 0.1) is 6.61 Å². The number of nitrogens with one attached hydrogen (secondary N) is 1. The molecule has 0 radical (unpaired) electrons. The normalized spacial score (nSPS) is 14.2. The zero-order chi connectivity index (χ0) is 7.28. The summed E-state index contributed by atoms with van der Waals surface area (Å²) in [5.74, 6) is 0.334. The van der Waals surface area contributed by atoms with Crippen LogP contribution in [0.5, 0.6) is 0 Å². The van der Waals surface area contributed by atoms with Crippen LogP contribution in [0.4, 0.5) is 0 Å². The fourth-order valence-electron chi connectivity index (χ4n) is 0.249. The molecule has 56 valence electrons. The van der Waals surface area contributed by atoms with E-state index in [9.17, 15) is 8.76 Å². The topological polar surface area (TPSA) is 61.4 Å². The third-order valence-electron chi connectivity index (χ3n) is 0.544. The second-order valence-electron chi connectivity index (χ2n) is 2.02. The first-order valence-corrected chi connectivity index (χ1v) is 3.67. The Bertz CT molecular complexity index is 95.8. The molecule has 1 unspecified atom stereocenters. The molecule has 4 nitrogen and oxygen atoms in total. The van der Waals surface area contributed by atoms with Crippen molar-refractivity contribution in [3.63, 3.8) is 0 Å². The van der Waals surface area contributed by atoms with E-state index in [1.54, 1.807) is 4.89 Å². The molecule has 1 N–H and O–H groups in total. The molecule has 0 aliphatic rings. The van der Waals surface area contributed by atoms with E-state index in [0.717, 1.165) is 0 Å². The highest BCUT2D eigenvalue weighted by Crippen LogP contribution is 1.89. The average molecular weight is 152 g/mol. The molecule has 0 spiro atoms. The van der Waals surface area contributed by atoms with Crippen LogP contribution in [0.3, 0.4) is 0 Å². The van der Waals surface area contributed by atoms with Crippen molar-refractivity contribution >= 4 is 11.3 Å². The second kappa shape index (κ2) is 4.87. The zero-order valence-corrected chi connectivity index (χ0v) is 6.23. The number of hydrogen-bond donors (Lipinski definition) is 1. The fourth-order valence-corrected chi connectivity index (χ4v) is 0.413. The van der Waals surface area contributed by atoms with Crippen LogP contribution in [-0.4, -0.2) is 15.4 Å². The van der Waals surface area contributed by atoms with Gasteiger partial charge in [0, 0.05) is 11.3 Å². The molecule has 0 saturated carbocycles. The first-order valence-electron chi connectivity index (χ1n) is 2.59. The van der Waals surface area contributed by atoms with Gasteiger partial charge < -0.3 is 4.55 Å². The lowest BCUT2D eigenvalue weighted by Gasteiger charge is -2.08. The highest BCUT2D eigenvalue weighted by Gasteiger charge is 1.91. The van der Waals surface area contributed by atoms with Crippen LogP contribution in [-0.2, 0) is 16.1 Å². The number of hydrogen-bond acceptors (Lipinski definition) is 3. The minimum atomic E-state index is -2.30. The molecule has 0 aromatic heterocycles. The molecule has 0 rings (SSSR count). The monoisotopic (exact) mass is 152 g/mol. The van der Waals surface area contributed by atoms with Crippen molar-refractivity contribution in [2.75, 3.05) is 6.61 Å². The van der Waals surface area contributed by atoms with Gasteiger partial charge in [0.1, 0.15) is 0 Å². The lowest BCUT2D eigenvalue weighted by molar-refractivity contribution is 0.0704. The molecule has 0 fully saturated rings. The van der Waals surface area contributed by atoms with Gasteiger partial charge in [0.2, 0.25) is 0 Å². The highest BCUT2D eigenvalue weighted by atomic mass is 32.2. The highest BCUT2D eigenvalue weighted by molar-refractivity contribution is 7.76. The Morgan fingerprint density at radius 1 is 1.78 bits per heavy atom. The quantitative estimate of drug-likeness (QED) is 0.454. The lowest BCUT2D eigenvalue weighted by Crippen LogP contribution is -2.19. The summed E-state index contributed by atoms with van der Waals surface area (Å²) in [7, 11) is 0. The Morgan fingerprint density at radius 3 is 2.67 bits per heavy atom. The summed E-state index contributed by atoms with van der Waals surface area (Å²) in [5.41, 5.74) is 0. The molecule has 0 aromatic carbocycles. The standard InChI is InChI=1S/C4H11NO3S/c1-4(2)3-8-5-9(6)7/h4-5H,3H2,1-2H3,(H,6,7)/p-1. The molecule has 0 saturated heterocycles. The SMILES string of the molecule is CC(C)CONS(=O)[O-]. The van der Waals surface area contributed by atoms with Gasteiger partial charge in [-0.1, -0.05) is 13.8 Å². The molecule has 0 aliphatic carbocycles. The summed E-state index contributed by atoms with van der Waals surface area (Å²) in [4.78, 5) is 6.29. The van der Waals surface area contributed by atoms with E-state index in [2.05, 4.69) is 4.84 Å². The maximum atomic E-state index is 9.74. The van der Waals surface area contributed by atoms with Crippen LogP contribution in [0.15, 0.2) is 0 Å². The van der Waals surface area contributed by atoms with Gasteiger partial charge in [0.15, 0.2) is 0 Å². The third kappa shape index (κ3) is 8.03. The second-order valence-corrected chi connectivity index (χ2v) is 2.66. The van der Waals surface area contributed by atoms with Crippen molar-refractivity contribution in [2.24, 2.45) is 5.92 Å². The van der Waals surface area contributed by atoms with Crippen LogP contribution in [0, 0.1) is 5.92 Å². The predicted octanol–water partition coefficient (Wildman–Crippen LogP) is -0.0423. The first-order chi connectivity index (χ1) is 4.13. The van der Waals surface area contributed by atoms with Crippen LogP contribution in [0.25, 0.3) is 0 Å². The van der Waals surface area contributed by atoms with Crippen molar-refractivity contribution in [2.45, 2.75) is 13.8 Å². The Morgan fingerprint density at radius 2 is 2.33 bits per heavy atom. The minimum Gasteiger partial charge on any atom is -0.758 e. The molecule has 0 aromatic rings. The fraction of sp³-hybridized carbons (Fsp3) is 1.00. The average Bonchev–Trinajstić information content (AvgIpc) is 1.63. The molecule has 1 atom stereocenters. The van der Waals surface area contributed by atoms with Gasteiger partial charge in [-0.2, -0.15) is 0 Å². The van der Waals surface area contributed by atoms with Gasteiger partial charge in [-0.25, -0.2) is 0 Å². The van der Waals surface area contributed by atoms with E-state index < -0.39 is 11.3 Å². The molecule has 5 heteroatoms. The van der Waals surface area contributed by atoms with Crippen molar-refractivity contribution < 1.29 is 13.6 Å². The Balaban J connectivity index is 3.01. The van der Waals surface area contributed by atoms with E-state index in [1.807, 2.05) is 13.8 Å². The lowest BCUT2D eigenvalue weighted by atomic mass is 10.2. The van der Waals surface area contributed by atoms with E-state index in [1.165, 1.54) is 0 Å². The summed E-state index contributed by atoms with van der Waals surface area (Å²) in [5, 5.41) is 0. The van der Waals surface area contributed by atoms with Crippen LogP contribution < -0.4 is 4.89 Å². The first kappa shape index (κ1) is 9.03. The molecule has 0 amide bonds. The van der Waals surface area contributed by atoms with Gasteiger partial charge in [-0.15, -0.1) is 4.89 Å². The minimum absolute atomic E-state index is 0.334. The van der Waals surface area contributed by atoms with E-state index in [-0.39, 0.29) is 0 Å². The van der Waals surface area contributed by atoms with Crippen molar-refractivity contribution in [3.05, 3.63) is 0 Å². The molecule has 0 bridgehead atoms. The van der Waals surface area contributed by atoms with Gasteiger partial charge in [-0.3, -0.25) is 9.05 Å².